The van der Waals surface area contributed by atoms with Gasteiger partial charge in [-0.1, -0.05) is 30.2 Å². The van der Waals surface area contributed by atoms with Crippen LogP contribution in [0.2, 0.25) is 5.02 Å². The molecule has 2 N–H and O–H groups in total. The first-order valence-corrected chi connectivity index (χ1v) is 8.01. The number of nitrogens with one attached hydrogen (secondary N) is 1. The fourth-order valence-corrected chi connectivity index (χ4v) is 2.61. The van der Waals surface area contributed by atoms with E-state index >= 15 is 0 Å². The lowest BCUT2D eigenvalue weighted by Gasteiger charge is -2.25. The van der Waals surface area contributed by atoms with Gasteiger partial charge in [0.1, 0.15) is 11.4 Å². The predicted molar refractivity (Wildman–Crippen MR) is 89.5 cm³/mol. The lowest BCUT2D eigenvalue weighted by atomic mass is 9.96. The summed E-state index contributed by atoms with van der Waals surface area (Å²) in [6.45, 7) is 4.87. The highest BCUT2D eigenvalue weighted by Gasteiger charge is 2.35. The topological polar surface area (TPSA) is 97.1 Å². The van der Waals surface area contributed by atoms with E-state index in [9.17, 15) is 19.1 Å². The number of rotatable bonds is 6. The third-order valence-electron chi connectivity index (χ3n) is 3.87. The van der Waals surface area contributed by atoms with Gasteiger partial charge in [0.05, 0.1) is 16.4 Å². The lowest BCUT2D eigenvalue weighted by molar-refractivity contribution is -0.144. The van der Waals surface area contributed by atoms with E-state index in [0.29, 0.717) is 17.8 Å². The van der Waals surface area contributed by atoms with E-state index < -0.39 is 23.2 Å². The van der Waals surface area contributed by atoms with Crippen LogP contribution in [-0.4, -0.2) is 37.5 Å². The molecule has 0 fully saturated rings. The zero-order valence-electron chi connectivity index (χ0n) is 14.0. The summed E-state index contributed by atoms with van der Waals surface area (Å²) in [7, 11) is 0. The summed E-state index contributed by atoms with van der Waals surface area (Å²) in [6.07, 6.45) is 0.859. The van der Waals surface area contributed by atoms with E-state index in [-0.39, 0.29) is 17.1 Å². The van der Waals surface area contributed by atoms with Crippen LogP contribution in [-0.2, 0) is 4.79 Å². The molecule has 0 radical (unpaired) electrons. The van der Waals surface area contributed by atoms with Crippen LogP contribution in [0, 0.1) is 12.7 Å². The van der Waals surface area contributed by atoms with Gasteiger partial charge in [0.25, 0.3) is 5.91 Å². The van der Waals surface area contributed by atoms with E-state index in [4.69, 9.17) is 11.6 Å². The fraction of sp³-hybridized carbons (Fsp3) is 0.375. The highest BCUT2D eigenvalue weighted by Crippen LogP contribution is 2.20. The number of hydrogen-bond donors (Lipinski definition) is 2. The maximum Gasteiger partial charge on any atom is 0.329 e. The van der Waals surface area contributed by atoms with Crippen molar-refractivity contribution in [2.24, 2.45) is 0 Å². The van der Waals surface area contributed by atoms with Gasteiger partial charge in [-0.15, -0.1) is 5.10 Å². The van der Waals surface area contributed by atoms with Crippen molar-refractivity contribution < 1.29 is 19.1 Å². The van der Waals surface area contributed by atoms with E-state index in [2.05, 4.69) is 15.6 Å². The summed E-state index contributed by atoms with van der Waals surface area (Å²) in [5, 5.41) is 19.5. The second-order valence-corrected chi connectivity index (χ2v) is 6.28. The summed E-state index contributed by atoms with van der Waals surface area (Å²) in [5.74, 6) is -2.34. The minimum atomic E-state index is -1.40. The van der Waals surface area contributed by atoms with Crippen molar-refractivity contribution in [1.82, 2.24) is 20.3 Å². The van der Waals surface area contributed by atoms with Gasteiger partial charge in [-0.2, -0.15) is 0 Å². The van der Waals surface area contributed by atoms with Gasteiger partial charge in [-0.05, 0) is 38.5 Å². The van der Waals surface area contributed by atoms with Crippen molar-refractivity contribution in [3.05, 3.63) is 40.4 Å². The number of benzene rings is 1. The molecule has 0 saturated heterocycles. The van der Waals surface area contributed by atoms with Crippen LogP contribution in [0.25, 0.3) is 5.69 Å². The third kappa shape index (κ3) is 3.79. The van der Waals surface area contributed by atoms with Crippen molar-refractivity contribution in [3.63, 3.8) is 0 Å². The molecule has 0 aliphatic rings. The average Bonchev–Trinajstić information content (AvgIpc) is 2.92. The Bertz CT molecular complexity index is 824. The molecule has 134 valence electrons. The van der Waals surface area contributed by atoms with Gasteiger partial charge in [-0.25, -0.2) is 13.9 Å². The molecule has 0 spiro atoms. The van der Waals surface area contributed by atoms with E-state index in [1.54, 1.807) is 6.92 Å². The smallest absolute Gasteiger partial charge is 0.329 e. The average molecular weight is 369 g/mol. The van der Waals surface area contributed by atoms with Gasteiger partial charge in [0, 0.05) is 0 Å². The fourth-order valence-electron chi connectivity index (χ4n) is 2.43. The van der Waals surface area contributed by atoms with Crippen molar-refractivity contribution in [2.45, 2.75) is 39.2 Å². The molecule has 1 heterocycles. The molecule has 1 aromatic carbocycles. The van der Waals surface area contributed by atoms with Crippen LogP contribution in [0.3, 0.4) is 0 Å². The van der Waals surface area contributed by atoms with Crippen LogP contribution in [0.5, 0.6) is 0 Å². The van der Waals surface area contributed by atoms with Gasteiger partial charge in [0.2, 0.25) is 0 Å². The molecule has 2 aromatic rings. The minimum absolute atomic E-state index is 0.0102. The molecule has 0 bridgehead atoms. The molecule has 0 saturated carbocycles. The highest BCUT2D eigenvalue weighted by molar-refractivity contribution is 6.30. The number of aromatic nitrogens is 3. The van der Waals surface area contributed by atoms with Gasteiger partial charge in [0.15, 0.2) is 5.69 Å². The summed E-state index contributed by atoms with van der Waals surface area (Å²) in [4.78, 5) is 23.9. The molecule has 7 nitrogen and oxygen atoms in total. The largest absolute Gasteiger partial charge is 0.480 e. The lowest BCUT2D eigenvalue weighted by Crippen LogP contribution is -2.52. The molecule has 0 aliphatic carbocycles. The quantitative estimate of drug-likeness (QED) is 0.817. The van der Waals surface area contributed by atoms with Crippen LogP contribution in [0.15, 0.2) is 18.2 Å². The second-order valence-electron chi connectivity index (χ2n) is 5.88. The number of carboxylic acids is 1. The first kappa shape index (κ1) is 18.9. The number of carboxylic acid groups (broad SMARTS) is 1. The van der Waals surface area contributed by atoms with Crippen molar-refractivity contribution in [2.75, 3.05) is 0 Å². The molecule has 2 rings (SSSR count). The summed E-state index contributed by atoms with van der Waals surface area (Å²) in [5.41, 5.74) is -0.597. The van der Waals surface area contributed by atoms with Crippen LogP contribution in [0.4, 0.5) is 4.39 Å². The van der Waals surface area contributed by atoms with Crippen LogP contribution >= 0.6 is 11.6 Å². The monoisotopic (exact) mass is 368 g/mol. The SMILES string of the molecule is CCCC(C)(NC(=O)c1nnn(-c2ccc(F)c(Cl)c2)c1C)C(=O)O. The van der Waals surface area contributed by atoms with E-state index in [1.165, 1.54) is 29.8 Å². The number of aliphatic carboxylic acids is 1. The molecule has 1 unspecified atom stereocenters. The summed E-state index contributed by atoms with van der Waals surface area (Å²) < 4.78 is 14.6. The van der Waals surface area contributed by atoms with Crippen LogP contribution in [0.1, 0.15) is 42.9 Å². The molecular formula is C16H18ClFN4O3. The first-order chi connectivity index (χ1) is 11.7. The minimum Gasteiger partial charge on any atom is -0.480 e. The predicted octanol–water partition coefficient (Wildman–Crippen LogP) is 2.74. The molecule has 9 heteroatoms. The Morgan fingerprint density at radius 3 is 2.68 bits per heavy atom. The van der Waals surface area contributed by atoms with Gasteiger partial charge < -0.3 is 10.4 Å². The number of carbonyl (C=O) groups is 2. The number of nitrogens with zero attached hydrogens (tertiary/aromatic N) is 3. The number of hydrogen-bond acceptors (Lipinski definition) is 4. The molecule has 1 atom stereocenters. The Hall–Kier alpha value is -2.48. The maximum absolute atomic E-state index is 13.3. The zero-order valence-corrected chi connectivity index (χ0v) is 14.8. The normalized spacial score (nSPS) is 13.3. The molecule has 25 heavy (non-hydrogen) atoms. The first-order valence-electron chi connectivity index (χ1n) is 7.63. The standard InChI is InChI=1S/C16H18ClFN4O3/c1-4-7-16(3,15(24)25)19-14(23)13-9(2)22(21-20-13)10-5-6-12(18)11(17)8-10/h5-6,8H,4,7H2,1-3H3,(H,19,23)(H,24,25). The van der Waals surface area contributed by atoms with Crippen molar-refractivity contribution in [3.8, 4) is 5.69 Å². The number of carbonyl (C=O) groups excluding carboxylic acids is 1. The Kier molecular flexibility index (Phi) is 5.42. The molecule has 0 aliphatic heterocycles. The molecule has 1 aromatic heterocycles. The zero-order chi connectivity index (χ0) is 18.8. The Morgan fingerprint density at radius 1 is 1.44 bits per heavy atom. The Balaban J connectivity index is 2.32. The molecule has 1 amide bonds. The van der Waals surface area contributed by atoms with Crippen molar-refractivity contribution in [1.29, 1.82) is 0 Å². The summed E-state index contributed by atoms with van der Waals surface area (Å²) >= 11 is 5.76. The second kappa shape index (κ2) is 7.18. The summed E-state index contributed by atoms with van der Waals surface area (Å²) in [6, 6.07) is 3.99. The Labute approximate surface area is 148 Å². The van der Waals surface area contributed by atoms with Crippen LogP contribution < -0.4 is 5.32 Å². The Morgan fingerprint density at radius 2 is 2.12 bits per heavy atom. The van der Waals surface area contributed by atoms with Gasteiger partial charge in [-0.3, -0.25) is 4.79 Å². The van der Waals surface area contributed by atoms with Crippen molar-refractivity contribution >= 4 is 23.5 Å². The van der Waals surface area contributed by atoms with E-state index in [0.717, 1.165) is 0 Å². The maximum atomic E-state index is 13.3. The molecular weight excluding hydrogens is 351 g/mol. The van der Waals surface area contributed by atoms with E-state index in [1.807, 2.05) is 6.92 Å². The third-order valence-corrected chi connectivity index (χ3v) is 4.16. The number of halogens is 2. The van der Waals surface area contributed by atoms with Gasteiger partial charge >= 0.3 is 5.97 Å². The highest BCUT2D eigenvalue weighted by atomic mass is 35.5. The number of amides is 1.